The first-order valence-corrected chi connectivity index (χ1v) is 9.44. The third-order valence-electron chi connectivity index (χ3n) is 3.95. The highest BCUT2D eigenvalue weighted by Crippen LogP contribution is 2.25. The largest absolute Gasteiger partial charge is 0.455 e. The number of hydrogen-bond acceptors (Lipinski definition) is 4. The van der Waals surface area contributed by atoms with E-state index in [-0.39, 0.29) is 28.4 Å². The van der Waals surface area contributed by atoms with Gasteiger partial charge in [0.05, 0.1) is 0 Å². The summed E-state index contributed by atoms with van der Waals surface area (Å²) < 4.78 is 27.9. The van der Waals surface area contributed by atoms with Crippen LogP contribution in [-0.2, 0) is 9.05 Å². The Balaban J connectivity index is 2.07. The highest BCUT2D eigenvalue weighted by atomic mass is 35.7. The van der Waals surface area contributed by atoms with Crippen LogP contribution >= 0.6 is 10.7 Å². The first-order valence-electron chi connectivity index (χ1n) is 7.13. The smallest absolute Gasteiger partial charge is 0.287 e. The van der Waals surface area contributed by atoms with Crippen LogP contribution in [0.15, 0.2) is 15.4 Å². The third kappa shape index (κ3) is 4.23. The average Bonchev–Trinajstić information content (AvgIpc) is 2.66. The Morgan fingerprint density at radius 2 is 2.05 bits per heavy atom. The lowest BCUT2D eigenvalue weighted by molar-refractivity contribution is 0.0903. The summed E-state index contributed by atoms with van der Waals surface area (Å²) in [6.07, 6.45) is 5.23. The highest BCUT2D eigenvalue weighted by molar-refractivity contribution is 8.13. The molecule has 1 aliphatic carbocycles. The molecule has 1 amide bonds. The van der Waals surface area contributed by atoms with Crippen LogP contribution in [0.5, 0.6) is 0 Å². The monoisotopic (exact) mass is 333 g/mol. The van der Waals surface area contributed by atoms with E-state index in [1.807, 2.05) is 0 Å². The summed E-state index contributed by atoms with van der Waals surface area (Å²) in [6.45, 7) is 3.69. The van der Waals surface area contributed by atoms with Crippen molar-refractivity contribution in [3.8, 4) is 0 Å². The van der Waals surface area contributed by atoms with E-state index < -0.39 is 9.05 Å². The maximum atomic E-state index is 12.2. The van der Waals surface area contributed by atoms with Gasteiger partial charge in [-0.25, -0.2) is 8.42 Å². The number of furan rings is 1. The molecule has 1 fully saturated rings. The van der Waals surface area contributed by atoms with Gasteiger partial charge in [0, 0.05) is 22.8 Å². The van der Waals surface area contributed by atoms with Crippen molar-refractivity contribution in [1.29, 1.82) is 0 Å². The molecule has 0 aliphatic heterocycles. The Morgan fingerprint density at radius 1 is 1.33 bits per heavy atom. The number of halogens is 1. The number of amides is 1. The molecular weight excluding hydrogens is 314 g/mol. The zero-order valence-corrected chi connectivity index (χ0v) is 13.8. The first-order chi connectivity index (χ1) is 9.77. The van der Waals surface area contributed by atoms with E-state index in [4.69, 9.17) is 15.1 Å². The van der Waals surface area contributed by atoms with Crippen LogP contribution in [0.25, 0.3) is 0 Å². The van der Waals surface area contributed by atoms with Crippen molar-refractivity contribution in [2.24, 2.45) is 5.92 Å². The molecule has 0 radical (unpaired) electrons. The third-order valence-corrected chi connectivity index (χ3v) is 5.38. The van der Waals surface area contributed by atoms with Gasteiger partial charge in [-0.2, -0.15) is 0 Å². The minimum Gasteiger partial charge on any atom is -0.455 e. The van der Waals surface area contributed by atoms with Crippen LogP contribution in [0.3, 0.4) is 0 Å². The number of carbonyl (C=O) groups is 1. The van der Waals surface area contributed by atoms with E-state index >= 15 is 0 Å². The van der Waals surface area contributed by atoms with Crippen molar-refractivity contribution in [2.75, 3.05) is 0 Å². The Bertz CT molecular complexity index is 623. The summed E-state index contributed by atoms with van der Waals surface area (Å²) in [5.74, 6) is 0.420. The number of rotatable bonds is 3. The second-order valence-corrected chi connectivity index (χ2v) is 8.29. The fourth-order valence-electron chi connectivity index (χ4n) is 2.71. The molecule has 1 heterocycles. The van der Waals surface area contributed by atoms with Crippen LogP contribution < -0.4 is 5.32 Å². The molecule has 2 unspecified atom stereocenters. The maximum Gasteiger partial charge on any atom is 0.287 e. The summed E-state index contributed by atoms with van der Waals surface area (Å²) in [7, 11) is 1.40. The van der Waals surface area contributed by atoms with Gasteiger partial charge >= 0.3 is 0 Å². The van der Waals surface area contributed by atoms with E-state index in [1.165, 1.54) is 19.4 Å². The zero-order valence-electron chi connectivity index (χ0n) is 12.2. The van der Waals surface area contributed by atoms with Crippen molar-refractivity contribution in [3.05, 3.63) is 17.6 Å². The highest BCUT2D eigenvalue weighted by Gasteiger charge is 2.24. The average molecular weight is 334 g/mol. The molecular formula is C14H20ClNO4S. The Labute approximate surface area is 129 Å². The molecule has 7 heteroatoms. The van der Waals surface area contributed by atoms with E-state index in [1.54, 1.807) is 0 Å². The Morgan fingerprint density at radius 3 is 2.67 bits per heavy atom. The fourth-order valence-corrected chi connectivity index (χ4v) is 3.80. The topological polar surface area (TPSA) is 76.4 Å². The molecule has 21 heavy (non-hydrogen) atoms. The lowest BCUT2D eigenvalue weighted by atomic mass is 10.0. The molecule has 2 rings (SSSR count). The van der Waals surface area contributed by atoms with Crippen LogP contribution in [-0.4, -0.2) is 20.4 Å². The minimum absolute atomic E-state index is 0.0102. The van der Waals surface area contributed by atoms with Gasteiger partial charge in [0.25, 0.3) is 15.0 Å². The molecule has 1 aromatic heterocycles. The predicted octanol–water partition coefficient (Wildman–Crippen LogP) is 3.21. The van der Waals surface area contributed by atoms with Gasteiger partial charge in [-0.15, -0.1) is 0 Å². The number of aryl methyl sites for hydroxylation is 1. The quantitative estimate of drug-likeness (QED) is 0.680. The predicted molar refractivity (Wildman–Crippen MR) is 80.0 cm³/mol. The van der Waals surface area contributed by atoms with Crippen LogP contribution in [0.1, 0.15) is 55.3 Å². The number of carbonyl (C=O) groups excluding carboxylic acids is 1. The van der Waals surface area contributed by atoms with Crippen molar-refractivity contribution in [3.63, 3.8) is 0 Å². The van der Waals surface area contributed by atoms with Gasteiger partial charge < -0.3 is 9.73 Å². The van der Waals surface area contributed by atoms with Crippen molar-refractivity contribution in [1.82, 2.24) is 5.32 Å². The second kappa shape index (κ2) is 6.40. The summed E-state index contributed by atoms with van der Waals surface area (Å²) in [5.41, 5.74) is 0. The number of nitrogens with one attached hydrogen (secondary N) is 1. The molecule has 0 bridgehead atoms. The van der Waals surface area contributed by atoms with E-state index in [2.05, 4.69) is 12.2 Å². The molecule has 1 N–H and O–H groups in total. The van der Waals surface area contributed by atoms with Crippen molar-refractivity contribution in [2.45, 2.75) is 56.9 Å². The van der Waals surface area contributed by atoms with E-state index in [0.717, 1.165) is 25.7 Å². The first kappa shape index (κ1) is 16.4. The molecule has 1 aromatic rings. The SMILES string of the molecule is Cc1oc(C(=O)NC2CCCC(C)CC2)cc1S(=O)(=O)Cl. The molecule has 1 saturated carbocycles. The standard InChI is InChI=1S/C14H20ClNO4S/c1-9-4-3-5-11(7-6-9)16-14(17)12-8-13(10(2)20-12)21(15,18)19/h8-9,11H,3-7H2,1-2H3,(H,16,17). The van der Waals surface area contributed by atoms with Crippen molar-refractivity contribution >= 4 is 25.6 Å². The summed E-state index contributed by atoms with van der Waals surface area (Å²) >= 11 is 0. The second-order valence-electron chi connectivity index (χ2n) is 5.75. The molecule has 1 aliphatic rings. The van der Waals surface area contributed by atoms with E-state index in [9.17, 15) is 13.2 Å². The zero-order chi connectivity index (χ0) is 15.6. The lowest BCUT2D eigenvalue weighted by Gasteiger charge is -2.15. The van der Waals surface area contributed by atoms with Gasteiger partial charge in [0.15, 0.2) is 5.76 Å². The van der Waals surface area contributed by atoms with Gasteiger partial charge in [0.2, 0.25) is 0 Å². The summed E-state index contributed by atoms with van der Waals surface area (Å²) in [5, 5.41) is 2.92. The molecule has 2 atom stereocenters. The van der Waals surface area contributed by atoms with E-state index in [0.29, 0.717) is 5.92 Å². The summed E-state index contributed by atoms with van der Waals surface area (Å²) in [4.78, 5) is 12.0. The Hall–Kier alpha value is -1.01. The van der Waals surface area contributed by atoms with Gasteiger partial charge in [-0.3, -0.25) is 4.79 Å². The Kier molecular flexibility index (Phi) is 4.99. The van der Waals surface area contributed by atoms with Gasteiger partial charge in [0.1, 0.15) is 10.7 Å². The summed E-state index contributed by atoms with van der Waals surface area (Å²) in [6, 6.07) is 1.30. The molecule has 5 nitrogen and oxygen atoms in total. The van der Waals surface area contributed by atoms with Crippen LogP contribution in [0, 0.1) is 12.8 Å². The molecule has 118 valence electrons. The van der Waals surface area contributed by atoms with Crippen molar-refractivity contribution < 1.29 is 17.6 Å². The molecule has 0 aromatic carbocycles. The van der Waals surface area contributed by atoms with Gasteiger partial charge in [-0.1, -0.05) is 19.8 Å². The maximum absolute atomic E-state index is 12.2. The lowest BCUT2D eigenvalue weighted by Crippen LogP contribution is -2.34. The van der Waals surface area contributed by atoms with Crippen LogP contribution in [0.4, 0.5) is 0 Å². The van der Waals surface area contributed by atoms with Crippen LogP contribution in [0.2, 0.25) is 0 Å². The normalized spacial score (nSPS) is 23.6. The fraction of sp³-hybridized carbons (Fsp3) is 0.643. The molecule has 0 saturated heterocycles. The minimum atomic E-state index is -3.89. The van der Waals surface area contributed by atoms with Gasteiger partial charge in [-0.05, 0) is 32.1 Å². The molecule has 0 spiro atoms. The number of hydrogen-bond donors (Lipinski definition) is 1.